The lowest BCUT2D eigenvalue weighted by Crippen LogP contribution is -2.20. The van der Waals surface area contributed by atoms with Crippen LogP contribution in [0.15, 0.2) is 53.6 Å². The molecule has 1 rings (SSSR count). The van der Waals surface area contributed by atoms with E-state index in [0.717, 1.165) is 17.0 Å². The fourth-order valence-corrected chi connectivity index (χ4v) is 1.03. The number of allylic oxidation sites excluding steroid dienone is 3. The van der Waals surface area contributed by atoms with Gasteiger partial charge >= 0.3 is 0 Å². The van der Waals surface area contributed by atoms with E-state index >= 15 is 0 Å². The van der Waals surface area contributed by atoms with Crippen molar-refractivity contribution in [2.45, 2.75) is 6.92 Å². The number of hydrogen-bond acceptors (Lipinski definition) is 3. The summed E-state index contributed by atoms with van der Waals surface area (Å²) in [6.45, 7) is 9.57. The number of hydrogen-bond donors (Lipinski definition) is 1. The minimum Gasteiger partial charge on any atom is -0.386 e. The van der Waals surface area contributed by atoms with Crippen LogP contribution in [0.3, 0.4) is 0 Å². The first-order valence-electron chi connectivity index (χ1n) is 4.39. The first kappa shape index (κ1) is 10.3. The van der Waals surface area contributed by atoms with Gasteiger partial charge in [0.2, 0.25) is 0 Å². The molecule has 1 aliphatic heterocycles. The van der Waals surface area contributed by atoms with Crippen LogP contribution >= 0.6 is 0 Å². The van der Waals surface area contributed by atoms with Crippen LogP contribution < -0.4 is 5.32 Å². The second-order valence-electron chi connectivity index (χ2n) is 3.05. The third-order valence-electron chi connectivity index (χ3n) is 1.75. The predicted molar refractivity (Wildman–Crippen MR) is 60.6 cm³/mol. The van der Waals surface area contributed by atoms with E-state index in [2.05, 4.69) is 23.6 Å². The first-order chi connectivity index (χ1) is 6.65. The zero-order valence-corrected chi connectivity index (χ0v) is 8.62. The van der Waals surface area contributed by atoms with E-state index in [-0.39, 0.29) is 0 Å². The van der Waals surface area contributed by atoms with Gasteiger partial charge < -0.3 is 5.32 Å². The molecule has 3 nitrogen and oxygen atoms in total. The largest absolute Gasteiger partial charge is 0.386 e. The van der Waals surface area contributed by atoms with Crippen molar-refractivity contribution >= 4 is 6.21 Å². The molecule has 0 aromatic carbocycles. The van der Waals surface area contributed by atoms with Crippen molar-refractivity contribution in [3.63, 3.8) is 0 Å². The van der Waals surface area contributed by atoms with E-state index in [1.54, 1.807) is 11.2 Å². The number of hydrazone groups is 1. The van der Waals surface area contributed by atoms with E-state index in [1.165, 1.54) is 0 Å². The number of rotatable bonds is 3. The number of nitrogens with zero attached hydrogens (tertiary/aromatic N) is 2. The highest BCUT2D eigenvalue weighted by molar-refractivity contribution is 5.76. The van der Waals surface area contributed by atoms with E-state index < -0.39 is 0 Å². The van der Waals surface area contributed by atoms with Crippen molar-refractivity contribution in [2.75, 3.05) is 7.05 Å². The van der Waals surface area contributed by atoms with Gasteiger partial charge in [-0.05, 0) is 24.6 Å². The quantitative estimate of drug-likeness (QED) is 0.687. The van der Waals surface area contributed by atoms with Crippen molar-refractivity contribution in [1.29, 1.82) is 0 Å². The molecule has 3 heteroatoms. The Morgan fingerprint density at radius 2 is 2.36 bits per heavy atom. The van der Waals surface area contributed by atoms with Gasteiger partial charge in [0.05, 0.1) is 17.6 Å². The van der Waals surface area contributed by atoms with Crippen molar-refractivity contribution in [3.05, 3.63) is 48.5 Å². The van der Waals surface area contributed by atoms with Crippen LogP contribution in [-0.4, -0.2) is 18.3 Å². The second kappa shape index (κ2) is 4.46. The molecule has 74 valence electrons. The summed E-state index contributed by atoms with van der Waals surface area (Å²) in [5, 5.41) is 8.96. The zero-order valence-electron chi connectivity index (χ0n) is 8.62. The fraction of sp³-hybridized carbons (Fsp3) is 0.182. The van der Waals surface area contributed by atoms with Gasteiger partial charge in [0, 0.05) is 13.2 Å². The number of nitrogens with one attached hydrogen (secondary N) is 1. The molecule has 1 heterocycles. The molecule has 1 N–H and O–H groups in total. The van der Waals surface area contributed by atoms with E-state index in [9.17, 15) is 0 Å². The van der Waals surface area contributed by atoms with Crippen molar-refractivity contribution in [2.24, 2.45) is 5.10 Å². The van der Waals surface area contributed by atoms with Crippen LogP contribution in [0.4, 0.5) is 0 Å². The molecule has 0 atom stereocenters. The molecule has 0 saturated heterocycles. The van der Waals surface area contributed by atoms with Gasteiger partial charge in [-0.2, -0.15) is 5.10 Å². The Morgan fingerprint density at radius 1 is 1.64 bits per heavy atom. The van der Waals surface area contributed by atoms with Crippen LogP contribution in [0.1, 0.15) is 6.92 Å². The molecular formula is C11H15N3. The lowest BCUT2D eigenvalue weighted by Gasteiger charge is -2.21. The van der Waals surface area contributed by atoms with Gasteiger partial charge in [0.25, 0.3) is 0 Å². The summed E-state index contributed by atoms with van der Waals surface area (Å²) in [7, 11) is 1.86. The Labute approximate surface area is 84.8 Å². The summed E-state index contributed by atoms with van der Waals surface area (Å²) >= 11 is 0. The average molecular weight is 189 g/mol. The minimum atomic E-state index is 0.826. The predicted octanol–water partition coefficient (Wildman–Crippen LogP) is 1.99. The SMILES string of the molecule is C=C(C)/C=N\N1C=CC=C(NC)C1=C. The van der Waals surface area contributed by atoms with Crippen LogP contribution in [0.25, 0.3) is 0 Å². The molecule has 0 saturated carbocycles. The molecule has 14 heavy (non-hydrogen) atoms. The van der Waals surface area contributed by atoms with E-state index in [1.807, 2.05) is 32.3 Å². The lowest BCUT2D eigenvalue weighted by atomic mass is 10.2. The minimum absolute atomic E-state index is 0.826. The average Bonchev–Trinajstić information content (AvgIpc) is 2.16. The van der Waals surface area contributed by atoms with Crippen LogP contribution in [-0.2, 0) is 0 Å². The van der Waals surface area contributed by atoms with Crippen molar-refractivity contribution in [1.82, 2.24) is 10.3 Å². The third-order valence-corrected chi connectivity index (χ3v) is 1.75. The number of likely N-dealkylation sites (N-methyl/N-ethyl adjacent to an activating group) is 1. The Balaban J connectivity index is 2.76. The highest BCUT2D eigenvalue weighted by Crippen LogP contribution is 2.16. The summed E-state index contributed by atoms with van der Waals surface area (Å²) in [6, 6.07) is 0. The summed E-state index contributed by atoms with van der Waals surface area (Å²) in [5.74, 6) is 0. The van der Waals surface area contributed by atoms with Gasteiger partial charge in [-0.25, -0.2) is 5.01 Å². The van der Waals surface area contributed by atoms with Gasteiger partial charge in [-0.3, -0.25) is 0 Å². The summed E-state index contributed by atoms with van der Waals surface area (Å²) in [4.78, 5) is 0. The molecule has 0 fully saturated rings. The first-order valence-corrected chi connectivity index (χ1v) is 4.39. The molecule has 1 aliphatic rings. The molecule has 0 aliphatic carbocycles. The Morgan fingerprint density at radius 3 is 2.93 bits per heavy atom. The normalized spacial score (nSPS) is 16.0. The monoisotopic (exact) mass is 189 g/mol. The Bertz CT molecular complexity index is 334. The summed E-state index contributed by atoms with van der Waals surface area (Å²) in [5.41, 5.74) is 2.70. The van der Waals surface area contributed by atoms with Gasteiger partial charge in [0.1, 0.15) is 0 Å². The van der Waals surface area contributed by atoms with E-state index in [0.29, 0.717) is 0 Å². The molecule has 0 amide bonds. The van der Waals surface area contributed by atoms with Gasteiger partial charge in [-0.15, -0.1) is 0 Å². The van der Waals surface area contributed by atoms with Crippen LogP contribution in [0.5, 0.6) is 0 Å². The van der Waals surface area contributed by atoms with Gasteiger partial charge in [0.15, 0.2) is 0 Å². The smallest absolute Gasteiger partial charge is 0.0805 e. The maximum absolute atomic E-state index is 4.20. The Kier molecular flexibility index (Phi) is 3.29. The lowest BCUT2D eigenvalue weighted by molar-refractivity contribution is 0.499. The summed E-state index contributed by atoms with van der Waals surface area (Å²) in [6.07, 6.45) is 7.42. The van der Waals surface area contributed by atoms with E-state index in [4.69, 9.17) is 0 Å². The van der Waals surface area contributed by atoms with Crippen LogP contribution in [0.2, 0.25) is 0 Å². The highest BCUT2D eigenvalue weighted by Gasteiger charge is 2.09. The molecular weight excluding hydrogens is 174 g/mol. The third kappa shape index (κ3) is 2.36. The maximum atomic E-state index is 4.20. The molecule has 0 aromatic rings. The topological polar surface area (TPSA) is 27.6 Å². The zero-order chi connectivity index (χ0) is 10.6. The van der Waals surface area contributed by atoms with Crippen LogP contribution in [0, 0.1) is 0 Å². The standard InChI is InChI=1S/C11H15N3/c1-9(2)8-13-14-7-5-6-11(12-4)10(14)3/h5-8,12H,1,3H2,2,4H3/b13-8-. The highest BCUT2D eigenvalue weighted by atomic mass is 15.4. The maximum Gasteiger partial charge on any atom is 0.0805 e. The van der Waals surface area contributed by atoms with Gasteiger partial charge in [-0.1, -0.05) is 13.2 Å². The second-order valence-corrected chi connectivity index (χ2v) is 3.05. The molecule has 0 spiro atoms. The van der Waals surface area contributed by atoms with Crippen molar-refractivity contribution < 1.29 is 0 Å². The Hall–Kier alpha value is -1.77. The molecule has 0 unspecified atom stereocenters. The summed E-state index contributed by atoms with van der Waals surface area (Å²) < 4.78 is 0. The molecule has 0 radical (unpaired) electrons. The van der Waals surface area contributed by atoms with Crippen molar-refractivity contribution in [3.8, 4) is 0 Å². The molecule has 0 aromatic heterocycles. The fourth-order valence-electron chi connectivity index (χ4n) is 1.03. The molecule has 0 bridgehead atoms.